The van der Waals surface area contributed by atoms with Gasteiger partial charge in [0.2, 0.25) is 0 Å². The lowest BCUT2D eigenvalue weighted by molar-refractivity contribution is 0.0551. The van der Waals surface area contributed by atoms with Crippen LogP contribution in [0.5, 0.6) is 0 Å². The summed E-state index contributed by atoms with van der Waals surface area (Å²) in [5.74, 6) is 0.735. The average molecular weight is 265 g/mol. The van der Waals surface area contributed by atoms with Crippen LogP contribution in [0.1, 0.15) is 33.1 Å². The number of rotatable bonds is 4. The fourth-order valence-electron chi connectivity index (χ4n) is 3.07. The second-order valence-corrected chi connectivity index (χ2v) is 5.74. The first-order chi connectivity index (χ1) is 9.11. The fraction of sp³-hybridized carbons (Fsp3) is 0.625. The van der Waals surface area contributed by atoms with E-state index in [0.717, 1.165) is 32.4 Å². The molecule has 1 N–H and O–H groups in total. The van der Waals surface area contributed by atoms with Gasteiger partial charge in [0.25, 0.3) is 0 Å². The molecule has 0 aromatic heterocycles. The number of nitrogens with zero attached hydrogens (tertiary/aromatic N) is 1. The molecule has 3 heteroatoms. The first-order valence-electron chi connectivity index (χ1n) is 7.29. The van der Waals surface area contributed by atoms with Gasteiger partial charge in [-0.2, -0.15) is 0 Å². The molecule has 0 bridgehead atoms. The first kappa shape index (κ1) is 14.3. The molecule has 0 amide bonds. The van der Waals surface area contributed by atoms with Crippen molar-refractivity contribution in [1.82, 2.24) is 0 Å². The van der Waals surface area contributed by atoms with Gasteiger partial charge in [-0.15, -0.1) is 0 Å². The third kappa shape index (κ3) is 3.47. The Bertz CT molecular complexity index is 409. The van der Waals surface area contributed by atoms with Gasteiger partial charge in [0, 0.05) is 19.0 Å². The smallest absolute Gasteiger partial charge is 0.146 e. The van der Waals surface area contributed by atoms with Gasteiger partial charge >= 0.3 is 0 Å². The molecule has 106 valence electrons. The van der Waals surface area contributed by atoms with Crippen molar-refractivity contribution in [3.05, 3.63) is 30.1 Å². The van der Waals surface area contributed by atoms with Gasteiger partial charge in [-0.25, -0.2) is 4.39 Å². The predicted molar refractivity (Wildman–Crippen MR) is 76.8 cm³/mol. The number of para-hydroxylation sites is 1. The molecule has 3 unspecified atom stereocenters. The third-order valence-corrected chi connectivity index (χ3v) is 4.23. The highest BCUT2D eigenvalue weighted by molar-refractivity contribution is 5.47. The Hall–Kier alpha value is -1.09. The molecule has 1 aliphatic rings. The van der Waals surface area contributed by atoms with Crippen LogP contribution in [0.3, 0.4) is 0 Å². The van der Waals surface area contributed by atoms with E-state index >= 15 is 0 Å². The minimum atomic E-state index is -0.239. The average Bonchev–Trinajstić information content (AvgIpc) is 2.41. The molecule has 3 atom stereocenters. The number of anilines is 1. The molecule has 0 saturated heterocycles. The number of aliphatic hydroxyl groups is 1. The van der Waals surface area contributed by atoms with Crippen LogP contribution in [0.25, 0.3) is 0 Å². The molecule has 19 heavy (non-hydrogen) atoms. The molecule has 1 aromatic rings. The van der Waals surface area contributed by atoms with Crippen molar-refractivity contribution in [3.8, 4) is 0 Å². The predicted octanol–water partition coefficient (Wildman–Crippen LogP) is 3.45. The van der Waals surface area contributed by atoms with Crippen molar-refractivity contribution in [1.29, 1.82) is 0 Å². The molecule has 0 radical (unpaired) electrons. The summed E-state index contributed by atoms with van der Waals surface area (Å²) in [6, 6.07) is 6.89. The molecule has 1 aromatic carbocycles. The Morgan fingerprint density at radius 1 is 1.32 bits per heavy atom. The Balaban J connectivity index is 2.08. The molecule has 0 spiro atoms. The summed E-state index contributed by atoms with van der Waals surface area (Å²) in [6.07, 6.45) is 2.77. The van der Waals surface area contributed by atoms with Crippen molar-refractivity contribution in [2.24, 2.45) is 11.8 Å². The van der Waals surface area contributed by atoms with Crippen molar-refractivity contribution in [2.75, 3.05) is 18.0 Å². The van der Waals surface area contributed by atoms with Gasteiger partial charge in [-0.05, 0) is 44.2 Å². The summed E-state index contributed by atoms with van der Waals surface area (Å²) in [4.78, 5) is 2.04. The standard InChI is InChI=1S/C16H24FNO/c1-3-18(15-7-5-4-6-14(15)17)11-13-10-12(2)8-9-16(13)19/h4-7,12-13,16,19H,3,8-11H2,1-2H3. The Kier molecular flexibility index (Phi) is 4.81. The second kappa shape index (κ2) is 6.38. The van der Waals surface area contributed by atoms with E-state index < -0.39 is 0 Å². The van der Waals surface area contributed by atoms with Gasteiger partial charge < -0.3 is 10.0 Å². The highest BCUT2D eigenvalue weighted by Crippen LogP contribution is 2.31. The van der Waals surface area contributed by atoms with Crippen LogP contribution in [0.15, 0.2) is 24.3 Å². The lowest BCUT2D eigenvalue weighted by Gasteiger charge is -2.36. The number of benzene rings is 1. The van der Waals surface area contributed by atoms with E-state index in [4.69, 9.17) is 0 Å². The van der Waals surface area contributed by atoms with Gasteiger partial charge in [0.1, 0.15) is 5.82 Å². The molecule has 1 fully saturated rings. The summed E-state index contributed by atoms with van der Waals surface area (Å²) in [5.41, 5.74) is 0.649. The SMILES string of the molecule is CCN(CC1CC(C)CCC1O)c1ccccc1F. The lowest BCUT2D eigenvalue weighted by Crippen LogP contribution is -2.39. The number of halogens is 1. The Morgan fingerprint density at radius 3 is 2.74 bits per heavy atom. The van der Waals surface area contributed by atoms with Crippen LogP contribution >= 0.6 is 0 Å². The molecular weight excluding hydrogens is 241 g/mol. The van der Waals surface area contributed by atoms with Gasteiger partial charge in [-0.1, -0.05) is 19.1 Å². The maximum absolute atomic E-state index is 13.9. The Morgan fingerprint density at radius 2 is 2.05 bits per heavy atom. The van der Waals surface area contributed by atoms with Crippen LogP contribution in [-0.4, -0.2) is 24.3 Å². The summed E-state index contributed by atoms with van der Waals surface area (Å²) in [6.45, 7) is 5.77. The molecule has 2 rings (SSSR count). The largest absolute Gasteiger partial charge is 0.393 e. The monoisotopic (exact) mass is 265 g/mol. The molecular formula is C16H24FNO. The summed E-state index contributed by atoms with van der Waals surface area (Å²) >= 11 is 0. The zero-order valence-electron chi connectivity index (χ0n) is 11.8. The van der Waals surface area contributed by atoms with E-state index in [2.05, 4.69) is 6.92 Å². The quantitative estimate of drug-likeness (QED) is 0.901. The van der Waals surface area contributed by atoms with Gasteiger partial charge in [0.05, 0.1) is 11.8 Å². The van der Waals surface area contributed by atoms with Crippen molar-refractivity contribution >= 4 is 5.69 Å². The van der Waals surface area contributed by atoms with E-state index in [1.165, 1.54) is 6.07 Å². The zero-order chi connectivity index (χ0) is 13.8. The molecule has 1 saturated carbocycles. The summed E-state index contributed by atoms with van der Waals surface area (Å²) in [7, 11) is 0. The molecule has 1 aliphatic carbocycles. The van der Waals surface area contributed by atoms with Crippen LogP contribution in [-0.2, 0) is 0 Å². The first-order valence-corrected chi connectivity index (χ1v) is 7.29. The van der Waals surface area contributed by atoms with Gasteiger partial charge in [0.15, 0.2) is 0 Å². The van der Waals surface area contributed by atoms with Crippen LogP contribution in [0.2, 0.25) is 0 Å². The van der Waals surface area contributed by atoms with Crippen molar-refractivity contribution in [3.63, 3.8) is 0 Å². The summed E-state index contributed by atoms with van der Waals surface area (Å²) in [5, 5.41) is 10.1. The van der Waals surface area contributed by atoms with Crippen LogP contribution in [0.4, 0.5) is 10.1 Å². The lowest BCUT2D eigenvalue weighted by atomic mass is 9.80. The maximum Gasteiger partial charge on any atom is 0.146 e. The normalized spacial score (nSPS) is 27.3. The summed E-state index contributed by atoms with van der Waals surface area (Å²) < 4.78 is 13.9. The van der Waals surface area contributed by atoms with E-state index in [1.54, 1.807) is 6.07 Å². The molecule has 2 nitrogen and oxygen atoms in total. The van der Waals surface area contributed by atoms with Gasteiger partial charge in [-0.3, -0.25) is 0 Å². The highest BCUT2D eigenvalue weighted by atomic mass is 19.1. The van der Waals surface area contributed by atoms with Crippen molar-refractivity contribution < 1.29 is 9.50 Å². The maximum atomic E-state index is 13.9. The van der Waals surface area contributed by atoms with E-state index in [1.807, 2.05) is 24.0 Å². The third-order valence-electron chi connectivity index (χ3n) is 4.23. The number of aliphatic hydroxyl groups excluding tert-OH is 1. The molecule has 0 heterocycles. The fourth-order valence-corrected chi connectivity index (χ4v) is 3.07. The second-order valence-electron chi connectivity index (χ2n) is 5.74. The van der Waals surface area contributed by atoms with E-state index in [-0.39, 0.29) is 17.8 Å². The van der Waals surface area contributed by atoms with Crippen molar-refractivity contribution in [2.45, 2.75) is 39.2 Å². The zero-order valence-corrected chi connectivity index (χ0v) is 11.8. The number of hydrogen-bond acceptors (Lipinski definition) is 2. The molecule has 0 aliphatic heterocycles. The highest BCUT2D eigenvalue weighted by Gasteiger charge is 2.28. The number of hydrogen-bond donors (Lipinski definition) is 1. The topological polar surface area (TPSA) is 23.5 Å². The Labute approximate surface area is 115 Å². The van der Waals surface area contributed by atoms with Crippen LogP contribution in [0, 0.1) is 17.7 Å². The minimum Gasteiger partial charge on any atom is -0.393 e. The minimum absolute atomic E-state index is 0.178. The van der Waals surface area contributed by atoms with E-state index in [9.17, 15) is 9.50 Å². The van der Waals surface area contributed by atoms with E-state index in [0.29, 0.717) is 11.6 Å². The van der Waals surface area contributed by atoms with Crippen LogP contribution < -0.4 is 4.90 Å².